The molecular weight excluding hydrogens is 413 g/mol. The molecule has 13 heteroatoms. The van der Waals surface area contributed by atoms with Gasteiger partial charge in [-0.1, -0.05) is 0 Å². The van der Waals surface area contributed by atoms with Crippen LogP contribution in [0.3, 0.4) is 0 Å². The van der Waals surface area contributed by atoms with Crippen molar-refractivity contribution < 1.29 is 27.5 Å². The molecule has 0 aliphatic heterocycles. The topological polar surface area (TPSA) is 153 Å². The summed E-state index contributed by atoms with van der Waals surface area (Å²) in [4.78, 5) is 27.4. The Balaban J connectivity index is 2.18. The van der Waals surface area contributed by atoms with Crippen LogP contribution in [0.1, 0.15) is 16.9 Å². The number of aromatic carboxylic acids is 1. The van der Waals surface area contributed by atoms with E-state index in [0.29, 0.717) is 6.07 Å². The fourth-order valence-electron chi connectivity index (χ4n) is 1.92. The molecule has 0 aliphatic carbocycles. The molecule has 2 rings (SSSR count). The van der Waals surface area contributed by atoms with Gasteiger partial charge in [0.25, 0.3) is 10.0 Å². The molecule has 0 radical (unpaired) electrons. The van der Waals surface area contributed by atoms with Gasteiger partial charge in [-0.25, -0.2) is 22.6 Å². The van der Waals surface area contributed by atoms with Crippen molar-refractivity contribution in [1.29, 1.82) is 5.41 Å². The highest BCUT2D eigenvalue weighted by Crippen LogP contribution is 2.26. The highest BCUT2D eigenvalue weighted by Gasteiger charge is 2.22. The lowest BCUT2D eigenvalue weighted by Crippen LogP contribution is -2.26. The zero-order valence-electron chi connectivity index (χ0n) is 14.7. The molecule has 2 aromatic rings. The van der Waals surface area contributed by atoms with Crippen LogP contribution in [0, 0.1) is 11.2 Å². The first kappa shape index (κ1) is 21.2. The second-order valence-electron chi connectivity index (χ2n) is 5.65. The van der Waals surface area contributed by atoms with E-state index in [4.69, 9.17) is 10.5 Å². The van der Waals surface area contributed by atoms with Crippen LogP contribution in [0.25, 0.3) is 0 Å². The lowest BCUT2D eigenvalue weighted by Gasteiger charge is -2.14. The highest BCUT2D eigenvalue weighted by atomic mass is 32.2. The van der Waals surface area contributed by atoms with Crippen LogP contribution < -0.4 is 10.0 Å². The molecule has 150 valence electrons. The number of hydrogen-bond acceptors (Lipinski definition) is 7. The Kier molecular flexibility index (Phi) is 6.30. The van der Waals surface area contributed by atoms with Gasteiger partial charge in [0.15, 0.2) is 5.69 Å². The van der Waals surface area contributed by atoms with Gasteiger partial charge in [-0.2, -0.15) is 0 Å². The fourth-order valence-corrected chi connectivity index (χ4v) is 3.92. The predicted molar refractivity (Wildman–Crippen MR) is 101 cm³/mol. The van der Waals surface area contributed by atoms with Gasteiger partial charge in [-0.15, -0.1) is 11.3 Å². The van der Waals surface area contributed by atoms with Crippen molar-refractivity contribution in [2.45, 2.75) is 11.3 Å². The minimum Gasteiger partial charge on any atom is -0.476 e. The first-order valence-electron chi connectivity index (χ1n) is 7.55. The molecule has 1 heterocycles. The van der Waals surface area contributed by atoms with Gasteiger partial charge >= 0.3 is 5.97 Å². The number of hydrogen-bond donors (Lipinski definition) is 4. The van der Waals surface area contributed by atoms with Crippen LogP contribution in [0.2, 0.25) is 0 Å². The number of carbonyl (C=O) groups is 2. The van der Waals surface area contributed by atoms with Crippen molar-refractivity contribution in [3.63, 3.8) is 0 Å². The van der Waals surface area contributed by atoms with Gasteiger partial charge in [-0.05, 0) is 18.2 Å². The van der Waals surface area contributed by atoms with Crippen molar-refractivity contribution >= 4 is 49.8 Å². The second kappa shape index (κ2) is 8.31. The third kappa shape index (κ3) is 5.01. The Bertz CT molecular complexity index is 1040. The van der Waals surface area contributed by atoms with Gasteiger partial charge < -0.3 is 15.3 Å². The number of carbonyl (C=O) groups excluding carboxylic acids is 1. The van der Waals surface area contributed by atoms with E-state index in [1.807, 2.05) is 0 Å². The summed E-state index contributed by atoms with van der Waals surface area (Å²) < 4.78 is 41.0. The number of sulfonamides is 1. The number of carboxylic acids is 1. The lowest BCUT2D eigenvalue weighted by atomic mass is 10.3. The van der Waals surface area contributed by atoms with Crippen LogP contribution in [0.15, 0.2) is 28.6 Å². The maximum absolute atomic E-state index is 14.2. The number of halogens is 1. The van der Waals surface area contributed by atoms with E-state index in [0.717, 1.165) is 29.0 Å². The lowest BCUT2D eigenvalue weighted by molar-refractivity contribution is -0.115. The van der Waals surface area contributed by atoms with Gasteiger partial charge in [-0.3, -0.25) is 14.9 Å². The first-order valence-corrected chi connectivity index (χ1v) is 9.91. The molecule has 0 saturated heterocycles. The SMILES string of the molecule is CN(C)C(=N)CC(=O)Nc1ccc(S(=O)(=O)Nc2scnc2C(=O)O)cc1F. The van der Waals surface area contributed by atoms with Crippen LogP contribution in [-0.4, -0.2) is 55.2 Å². The summed E-state index contributed by atoms with van der Waals surface area (Å²) in [5, 5.41) is 18.6. The third-order valence-corrected chi connectivity index (χ3v) is 5.61. The molecule has 0 fully saturated rings. The van der Waals surface area contributed by atoms with Gasteiger partial charge in [0.1, 0.15) is 16.7 Å². The average molecular weight is 429 g/mol. The van der Waals surface area contributed by atoms with E-state index >= 15 is 0 Å². The number of nitrogens with zero attached hydrogens (tertiary/aromatic N) is 2. The average Bonchev–Trinajstić information content (AvgIpc) is 3.04. The zero-order chi connectivity index (χ0) is 21.1. The van der Waals surface area contributed by atoms with E-state index in [2.05, 4.69) is 15.0 Å². The van der Waals surface area contributed by atoms with E-state index in [1.165, 1.54) is 4.90 Å². The van der Waals surface area contributed by atoms with Crippen molar-refractivity contribution in [1.82, 2.24) is 9.88 Å². The molecule has 0 spiro atoms. The largest absolute Gasteiger partial charge is 0.476 e. The number of rotatable bonds is 7. The summed E-state index contributed by atoms with van der Waals surface area (Å²) >= 11 is 0.766. The number of benzene rings is 1. The Morgan fingerprint density at radius 1 is 1.36 bits per heavy atom. The van der Waals surface area contributed by atoms with Crippen molar-refractivity contribution in [2.24, 2.45) is 0 Å². The Morgan fingerprint density at radius 2 is 2.04 bits per heavy atom. The van der Waals surface area contributed by atoms with E-state index in [9.17, 15) is 22.4 Å². The number of aromatic nitrogens is 1. The molecule has 1 amide bonds. The molecule has 0 aliphatic rings. The molecule has 0 atom stereocenters. The highest BCUT2D eigenvalue weighted by molar-refractivity contribution is 7.93. The van der Waals surface area contributed by atoms with Gasteiger partial charge in [0, 0.05) is 14.1 Å². The summed E-state index contributed by atoms with van der Waals surface area (Å²) in [6, 6.07) is 2.81. The number of anilines is 2. The molecular formula is C15H16FN5O5S2. The van der Waals surface area contributed by atoms with E-state index in [1.54, 1.807) is 14.1 Å². The minimum atomic E-state index is -4.27. The quantitative estimate of drug-likeness (QED) is 0.386. The number of amides is 1. The molecule has 0 unspecified atom stereocenters. The maximum atomic E-state index is 14.2. The predicted octanol–water partition coefficient (Wildman–Crippen LogP) is 1.65. The summed E-state index contributed by atoms with van der Waals surface area (Å²) in [5.74, 6) is -3.04. The molecule has 10 nitrogen and oxygen atoms in total. The van der Waals surface area contributed by atoms with Gasteiger partial charge in [0.05, 0.1) is 22.5 Å². The van der Waals surface area contributed by atoms with E-state index in [-0.39, 0.29) is 22.9 Å². The van der Waals surface area contributed by atoms with Crippen molar-refractivity contribution in [2.75, 3.05) is 24.1 Å². The molecule has 4 N–H and O–H groups in total. The summed E-state index contributed by atoms with van der Waals surface area (Å²) in [6.45, 7) is 0. The monoisotopic (exact) mass is 429 g/mol. The Morgan fingerprint density at radius 3 is 2.61 bits per heavy atom. The number of thiazole rings is 1. The minimum absolute atomic E-state index is 0.0140. The first-order chi connectivity index (χ1) is 13.0. The van der Waals surface area contributed by atoms with Crippen LogP contribution >= 0.6 is 11.3 Å². The summed E-state index contributed by atoms with van der Waals surface area (Å²) in [5.41, 5.74) is 0.437. The summed E-state index contributed by atoms with van der Waals surface area (Å²) in [7, 11) is -1.10. The molecule has 0 saturated carbocycles. The smallest absolute Gasteiger partial charge is 0.357 e. The summed E-state index contributed by atoms with van der Waals surface area (Å²) in [6.07, 6.45) is -0.280. The molecule has 1 aromatic heterocycles. The van der Waals surface area contributed by atoms with Crippen molar-refractivity contribution in [3.05, 3.63) is 35.2 Å². The Labute approximate surface area is 163 Å². The molecule has 0 bridgehead atoms. The van der Waals surface area contributed by atoms with Crippen molar-refractivity contribution in [3.8, 4) is 0 Å². The van der Waals surface area contributed by atoms with Crippen LogP contribution in [0.4, 0.5) is 15.1 Å². The Hall–Kier alpha value is -3.06. The standard InChI is InChI=1S/C15H16FN5O5S2/c1-21(2)11(17)6-12(22)19-10-4-3-8(5-9(10)16)28(25,26)20-14-13(15(23)24)18-7-27-14/h3-5,7,17,20H,6H2,1-2H3,(H,19,22)(H,23,24). The zero-order valence-corrected chi connectivity index (χ0v) is 16.3. The van der Waals surface area contributed by atoms with Gasteiger partial charge in [0.2, 0.25) is 5.91 Å². The number of carboxylic acid groups (broad SMARTS) is 1. The number of nitrogens with one attached hydrogen (secondary N) is 3. The second-order valence-corrected chi connectivity index (χ2v) is 8.19. The third-order valence-electron chi connectivity index (χ3n) is 3.39. The fraction of sp³-hybridized carbons (Fsp3) is 0.200. The normalized spacial score (nSPS) is 11.0. The van der Waals surface area contributed by atoms with Crippen LogP contribution in [-0.2, 0) is 14.8 Å². The number of amidine groups is 1. The van der Waals surface area contributed by atoms with Crippen LogP contribution in [0.5, 0.6) is 0 Å². The molecule has 1 aromatic carbocycles. The van der Waals surface area contributed by atoms with E-state index < -0.39 is 38.3 Å². The molecule has 28 heavy (non-hydrogen) atoms. The maximum Gasteiger partial charge on any atom is 0.357 e.